The molecule has 154 valence electrons. The van der Waals surface area contributed by atoms with E-state index in [4.69, 9.17) is 0 Å². The molecule has 0 saturated carbocycles. The number of thioether (sulfide) groups is 1. The van der Waals surface area contributed by atoms with E-state index in [-0.39, 0.29) is 52.6 Å². The summed E-state index contributed by atoms with van der Waals surface area (Å²) in [5.74, 6) is -1.82. The maximum Gasteiger partial charge on any atom is 0.353 e. The predicted octanol–water partition coefficient (Wildman–Crippen LogP) is 0.536. The molecule has 0 bridgehead atoms. The molecular weight excluding hydrogens is 382 g/mol. The van der Waals surface area contributed by atoms with Gasteiger partial charge in [0.05, 0.1) is 18.0 Å². The highest BCUT2D eigenvalue weighted by Gasteiger charge is 2.60. The van der Waals surface area contributed by atoms with Gasteiger partial charge in [-0.2, -0.15) is 0 Å². The second-order valence-corrected chi connectivity index (χ2v) is 9.42. The van der Waals surface area contributed by atoms with Crippen molar-refractivity contribution in [3.05, 3.63) is 10.6 Å². The van der Waals surface area contributed by atoms with Crippen LogP contribution in [0, 0.1) is 17.8 Å². The molecule has 0 aromatic carbocycles. The first-order valence-corrected chi connectivity index (χ1v) is 10.4. The SMILES string of the molecule is C[C@@H](CC=O)[C@H]1C(=O)N2C(C(=O)O)=C(S[C@@H]3CN[C@H](C(=O)N(C)C)C3)[C@H](C)[C@H]12. The number of rotatable bonds is 7. The van der Waals surface area contributed by atoms with Crippen molar-refractivity contribution in [1.82, 2.24) is 15.1 Å². The minimum atomic E-state index is -1.10. The Labute approximate surface area is 168 Å². The zero-order valence-electron chi connectivity index (χ0n) is 16.5. The first-order chi connectivity index (χ1) is 13.2. The Bertz CT molecular complexity index is 737. The Morgan fingerprint density at radius 2 is 2.11 bits per heavy atom. The number of carbonyl (C=O) groups excluding carboxylic acids is 3. The third kappa shape index (κ3) is 3.34. The van der Waals surface area contributed by atoms with Crippen LogP contribution >= 0.6 is 11.8 Å². The van der Waals surface area contributed by atoms with Gasteiger partial charge in [0.1, 0.15) is 12.0 Å². The smallest absolute Gasteiger partial charge is 0.353 e. The number of carbonyl (C=O) groups is 4. The molecule has 0 aliphatic carbocycles. The van der Waals surface area contributed by atoms with E-state index in [0.717, 1.165) is 6.29 Å². The van der Waals surface area contributed by atoms with E-state index in [9.17, 15) is 24.3 Å². The standard InChI is InChI=1S/C19H27N3O5S/c1-9(5-6-23)13-14-10(2)16(15(19(26)27)22(14)18(13)25)28-11-7-12(20-8-11)17(24)21(3)4/h6,9-14,20H,5,7-8H2,1-4H3,(H,26,27)/t9-,10+,11-,12-,13+,14+/m0/s1. The summed E-state index contributed by atoms with van der Waals surface area (Å²) < 4.78 is 0. The number of hydrogen-bond donors (Lipinski definition) is 2. The molecule has 3 rings (SSSR count). The molecular formula is C19H27N3O5S. The van der Waals surface area contributed by atoms with Crippen molar-refractivity contribution in [2.75, 3.05) is 20.6 Å². The Kier molecular flexibility index (Phi) is 5.86. The molecule has 3 heterocycles. The van der Waals surface area contributed by atoms with Gasteiger partial charge >= 0.3 is 5.97 Å². The van der Waals surface area contributed by atoms with Gasteiger partial charge in [0.15, 0.2) is 0 Å². The van der Waals surface area contributed by atoms with Crippen molar-refractivity contribution in [2.45, 2.75) is 44.0 Å². The maximum absolute atomic E-state index is 12.7. The van der Waals surface area contributed by atoms with Gasteiger partial charge in [-0.3, -0.25) is 9.59 Å². The monoisotopic (exact) mass is 409 g/mol. The van der Waals surface area contributed by atoms with E-state index in [0.29, 0.717) is 24.3 Å². The van der Waals surface area contributed by atoms with E-state index in [1.54, 1.807) is 19.0 Å². The van der Waals surface area contributed by atoms with Gasteiger partial charge in [-0.05, 0) is 12.3 Å². The first-order valence-electron chi connectivity index (χ1n) is 9.54. The fourth-order valence-corrected chi connectivity index (χ4v) is 6.02. The topological polar surface area (TPSA) is 107 Å². The molecule has 2 fully saturated rings. The molecule has 6 atom stereocenters. The van der Waals surface area contributed by atoms with Crippen LogP contribution in [0.15, 0.2) is 10.6 Å². The number of fused-ring (bicyclic) bond motifs is 1. The van der Waals surface area contributed by atoms with Crippen LogP contribution in [0.4, 0.5) is 0 Å². The Hall–Kier alpha value is -1.87. The number of nitrogens with one attached hydrogen (secondary N) is 1. The summed E-state index contributed by atoms with van der Waals surface area (Å²) in [6.45, 7) is 4.43. The number of carboxylic acids is 1. The molecule has 3 aliphatic rings. The lowest BCUT2D eigenvalue weighted by Crippen LogP contribution is -2.62. The number of aldehydes is 1. The Balaban J connectivity index is 1.78. The van der Waals surface area contributed by atoms with Gasteiger partial charge in [-0.25, -0.2) is 4.79 Å². The van der Waals surface area contributed by atoms with Crippen LogP contribution in [0.2, 0.25) is 0 Å². The predicted molar refractivity (Wildman–Crippen MR) is 104 cm³/mol. The molecule has 0 radical (unpaired) electrons. The number of β-lactam (4-membered cyclic amide) rings is 1. The maximum atomic E-state index is 12.7. The molecule has 0 aromatic rings. The second kappa shape index (κ2) is 7.87. The number of hydrogen-bond acceptors (Lipinski definition) is 6. The summed E-state index contributed by atoms with van der Waals surface area (Å²) in [7, 11) is 3.43. The largest absolute Gasteiger partial charge is 0.477 e. The quantitative estimate of drug-likeness (QED) is 0.467. The molecule has 28 heavy (non-hydrogen) atoms. The lowest BCUT2D eigenvalue weighted by Gasteiger charge is -2.47. The van der Waals surface area contributed by atoms with E-state index < -0.39 is 5.97 Å². The van der Waals surface area contributed by atoms with Crippen LogP contribution in [-0.2, 0) is 19.2 Å². The normalized spacial score (nSPS) is 32.8. The van der Waals surface area contributed by atoms with Gasteiger partial charge in [0.2, 0.25) is 11.8 Å². The molecule has 9 heteroatoms. The second-order valence-electron chi connectivity index (χ2n) is 8.08. The van der Waals surface area contributed by atoms with E-state index in [1.165, 1.54) is 16.7 Å². The van der Waals surface area contributed by atoms with Crippen molar-refractivity contribution in [2.24, 2.45) is 17.8 Å². The number of likely N-dealkylation sites (N-methyl/N-ethyl adjacent to an activating group) is 1. The third-order valence-corrected chi connectivity index (χ3v) is 7.51. The summed E-state index contributed by atoms with van der Waals surface area (Å²) >= 11 is 1.47. The summed E-state index contributed by atoms with van der Waals surface area (Å²) in [6.07, 6.45) is 1.72. The number of carboxylic acid groups (broad SMARTS) is 1. The molecule has 8 nitrogen and oxygen atoms in total. The van der Waals surface area contributed by atoms with Crippen molar-refractivity contribution in [3.8, 4) is 0 Å². The van der Waals surface area contributed by atoms with Crippen molar-refractivity contribution < 1.29 is 24.3 Å². The molecule has 2 N–H and O–H groups in total. The van der Waals surface area contributed by atoms with E-state index >= 15 is 0 Å². The molecule has 0 unspecified atom stereocenters. The lowest BCUT2D eigenvalue weighted by atomic mass is 9.74. The average Bonchev–Trinajstić information content (AvgIpc) is 3.17. The van der Waals surface area contributed by atoms with Crippen LogP contribution in [0.25, 0.3) is 0 Å². The first kappa shape index (κ1) is 20.9. The van der Waals surface area contributed by atoms with Gasteiger partial charge in [0, 0.05) is 43.1 Å². The fraction of sp³-hybridized carbons (Fsp3) is 0.684. The van der Waals surface area contributed by atoms with Crippen LogP contribution in [-0.4, -0.2) is 76.9 Å². The summed E-state index contributed by atoms with van der Waals surface area (Å²) in [5.41, 5.74) is 0.0736. The highest BCUT2D eigenvalue weighted by Crippen LogP contribution is 2.53. The highest BCUT2D eigenvalue weighted by atomic mass is 32.2. The zero-order chi connectivity index (χ0) is 20.7. The van der Waals surface area contributed by atoms with Gasteiger partial charge in [-0.15, -0.1) is 11.8 Å². The number of nitrogens with zero attached hydrogens (tertiary/aromatic N) is 2. The van der Waals surface area contributed by atoms with Crippen LogP contribution in [0.1, 0.15) is 26.7 Å². The molecule has 2 saturated heterocycles. The Morgan fingerprint density at radius 3 is 2.68 bits per heavy atom. The minimum Gasteiger partial charge on any atom is -0.477 e. The third-order valence-electron chi connectivity index (χ3n) is 6.00. The summed E-state index contributed by atoms with van der Waals surface area (Å²) in [6, 6.07) is -0.471. The van der Waals surface area contributed by atoms with Gasteiger partial charge in [0.25, 0.3) is 0 Å². The van der Waals surface area contributed by atoms with Crippen LogP contribution in [0.3, 0.4) is 0 Å². The lowest BCUT2D eigenvalue weighted by molar-refractivity contribution is -0.160. The van der Waals surface area contributed by atoms with Crippen molar-refractivity contribution in [3.63, 3.8) is 0 Å². The van der Waals surface area contributed by atoms with Crippen molar-refractivity contribution in [1.29, 1.82) is 0 Å². The average molecular weight is 410 g/mol. The van der Waals surface area contributed by atoms with Crippen LogP contribution < -0.4 is 5.32 Å². The number of aliphatic carboxylic acids is 1. The van der Waals surface area contributed by atoms with Crippen molar-refractivity contribution >= 4 is 35.8 Å². The van der Waals surface area contributed by atoms with E-state index in [2.05, 4.69) is 5.32 Å². The molecule has 0 aromatic heterocycles. The molecule has 3 aliphatic heterocycles. The summed E-state index contributed by atoms with van der Waals surface area (Å²) in [4.78, 5) is 51.3. The van der Waals surface area contributed by atoms with Gasteiger partial charge < -0.3 is 25.0 Å². The number of amides is 2. The Morgan fingerprint density at radius 1 is 1.43 bits per heavy atom. The zero-order valence-corrected chi connectivity index (χ0v) is 17.4. The molecule has 2 amide bonds. The summed E-state index contributed by atoms with van der Waals surface area (Å²) in [5, 5.41) is 13.0. The molecule has 0 spiro atoms. The van der Waals surface area contributed by atoms with Gasteiger partial charge in [-0.1, -0.05) is 13.8 Å². The van der Waals surface area contributed by atoms with Crippen LogP contribution in [0.5, 0.6) is 0 Å². The fourth-order valence-electron chi connectivity index (χ4n) is 4.54. The van der Waals surface area contributed by atoms with E-state index in [1.807, 2.05) is 13.8 Å². The highest BCUT2D eigenvalue weighted by molar-refractivity contribution is 8.03. The minimum absolute atomic E-state index is 0.0109.